The van der Waals surface area contributed by atoms with Gasteiger partial charge in [-0.2, -0.15) is 0 Å². The van der Waals surface area contributed by atoms with E-state index in [4.69, 9.17) is 89.2 Å². The quantitative estimate of drug-likeness (QED) is 0.0939. The van der Waals surface area contributed by atoms with Gasteiger partial charge in [-0.15, -0.1) is 11.6 Å². The Kier molecular flexibility index (Phi) is 27.1. The summed E-state index contributed by atoms with van der Waals surface area (Å²) >= 11 is 32.1. The Morgan fingerprint density at radius 1 is 0.825 bits per heavy atom. The van der Waals surface area contributed by atoms with Crippen LogP contribution in [0.3, 0.4) is 0 Å². The Labute approximate surface area is 267 Å². The third kappa shape index (κ3) is 30.4. The molecule has 40 heavy (non-hydrogen) atoms. The summed E-state index contributed by atoms with van der Waals surface area (Å²) in [6.45, 7) is 5.61. The number of ether oxygens (including phenoxy) is 1. The molecule has 0 aromatic heterocycles. The first-order chi connectivity index (χ1) is 18.8. The summed E-state index contributed by atoms with van der Waals surface area (Å²) in [6.07, 6.45) is 2.26. The van der Waals surface area contributed by atoms with E-state index in [0.717, 1.165) is 19.4 Å². The van der Waals surface area contributed by atoms with Crippen molar-refractivity contribution in [2.45, 2.75) is 31.2 Å². The maximum atomic E-state index is 10.1. The van der Waals surface area contributed by atoms with Gasteiger partial charge in [0.25, 0.3) is 0 Å². The maximum absolute atomic E-state index is 10.1. The van der Waals surface area contributed by atoms with E-state index >= 15 is 0 Å². The molecule has 0 radical (unpaired) electrons. The summed E-state index contributed by atoms with van der Waals surface area (Å²) < 4.78 is 16.8. The minimum absolute atomic E-state index is 0.143. The van der Waals surface area contributed by atoms with Crippen LogP contribution in [0.1, 0.15) is 25.3 Å². The summed E-state index contributed by atoms with van der Waals surface area (Å²) in [4.78, 5) is 16.3. The van der Waals surface area contributed by atoms with E-state index in [9.17, 15) is 4.57 Å². The molecule has 0 aliphatic heterocycles. The predicted octanol–water partition coefficient (Wildman–Crippen LogP) is 9.59. The summed E-state index contributed by atoms with van der Waals surface area (Å²) in [7, 11) is -4.65. The monoisotopic (exact) mass is 696 g/mol. The number of aryl methyl sites for hydroxylation is 1. The zero-order valence-electron chi connectivity index (χ0n) is 22.1. The van der Waals surface area contributed by atoms with Gasteiger partial charge in [0.1, 0.15) is 0 Å². The number of aliphatic hydroxyl groups excluding tert-OH is 1. The number of hydrogen-bond donors (Lipinski definition) is 3. The van der Waals surface area contributed by atoms with Crippen LogP contribution in [0, 0.1) is 6.92 Å². The van der Waals surface area contributed by atoms with E-state index < -0.39 is 18.2 Å². The molecule has 3 rings (SSSR count). The lowest BCUT2D eigenvalue weighted by Crippen LogP contribution is -2.17. The SMILES string of the molecule is CCCCOCCO.Cc1ccccc1.Clc1ccc(Cl)c(Cl)c1.O=P(O)(O)OC(Cl)(Cl)CCl.c1ccccc1. The molecule has 3 aromatic carbocycles. The van der Waals surface area contributed by atoms with Crippen LogP contribution in [0.25, 0.3) is 0 Å². The van der Waals surface area contributed by atoms with Gasteiger partial charge in [0.15, 0.2) is 0 Å². The smallest absolute Gasteiger partial charge is 0.394 e. The lowest BCUT2D eigenvalue weighted by molar-refractivity contribution is 0.0904. The zero-order valence-corrected chi connectivity index (χ0v) is 27.5. The van der Waals surface area contributed by atoms with E-state index in [0.29, 0.717) is 21.7 Å². The lowest BCUT2D eigenvalue weighted by Gasteiger charge is -2.16. The molecule has 3 N–H and O–H groups in total. The van der Waals surface area contributed by atoms with Crippen molar-refractivity contribution in [1.82, 2.24) is 0 Å². The minimum atomic E-state index is -4.65. The summed E-state index contributed by atoms with van der Waals surface area (Å²) in [5, 5.41) is 9.86. The molecule has 0 saturated carbocycles. The third-order valence-electron chi connectivity index (χ3n) is 3.77. The van der Waals surface area contributed by atoms with Crippen LogP contribution in [-0.2, 0) is 13.8 Å². The van der Waals surface area contributed by atoms with Crippen LogP contribution in [0.4, 0.5) is 0 Å². The number of hydrogen-bond acceptors (Lipinski definition) is 4. The van der Waals surface area contributed by atoms with Crippen molar-refractivity contribution in [3.8, 4) is 0 Å². The molecule has 0 bridgehead atoms. The van der Waals surface area contributed by atoms with Crippen LogP contribution in [0.15, 0.2) is 84.9 Å². The Morgan fingerprint density at radius 3 is 1.62 bits per heavy atom. The van der Waals surface area contributed by atoms with E-state index in [1.165, 1.54) is 5.56 Å². The highest BCUT2D eigenvalue weighted by atomic mass is 35.5. The number of phosphoric ester groups is 1. The second-order valence-electron chi connectivity index (χ2n) is 7.41. The fourth-order valence-corrected chi connectivity index (χ4v) is 3.61. The molecule has 0 spiro atoms. The lowest BCUT2D eigenvalue weighted by atomic mass is 10.2. The molecule has 0 heterocycles. The molecule has 0 saturated heterocycles. The molecule has 6 nitrogen and oxygen atoms in total. The summed E-state index contributed by atoms with van der Waals surface area (Å²) in [5.41, 5.74) is 1.32. The highest BCUT2D eigenvalue weighted by Gasteiger charge is 2.32. The molecular formula is C27H35Cl6O6P. The molecule has 0 atom stereocenters. The highest BCUT2D eigenvalue weighted by molar-refractivity contribution is 7.46. The van der Waals surface area contributed by atoms with Gasteiger partial charge < -0.3 is 19.6 Å². The largest absolute Gasteiger partial charge is 0.472 e. The molecule has 0 amide bonds. The number of halogens is 6. The van der Waals surface area contributed by atoms with Crippen molar-refractivity contribution in [3.63, 3.8) is 0 Å². The van der Waals surface area contributed by atoms with Gasteiger partial charge in [-0.25, -0.2) is 9.09 Å². The van der Waals surface area contributed by atoms with Crippen molar-refractivity contribution in [2.75, 3.05) is 25.7 Å². The van der Waals surface area contributed by atoms with Gasteiger partial charge in [-0.1, -0.05) is 144 Å². The van der Waals surface area contributed by atoms with E-state index in [1.54, 1.807) is 18.2 Å². The van der Waals surface area contributed by atoms with Crippen LogP contribution < -0.4 is 0 Å². The van der Waals surface area contributed by atoms with Crippen LogP contribution in [0.5, 0.6) is 0 Å². The molecule has 0 fully saturated rings. The standard InChI is InChI=1S/C7H8.C6H3Cl3.C6H14O2.C6H6.C2H4Cl3O4P/c1-7-5-3-2-4-6-7;7-4-1-2-5(8)6(9)3-4;1-2-3-5-8-6-4-7;1-2-4-6-5-3-1;3-1-2(4,5)9-10(6,7)8/h2-6H,1H3;1-3H;7H,2-6H2,1H3;1-6H;1H2,(H2,6,7,8). The maximum Gasteiger partial charge on any atom is 0.472 e. The second-order valence-corrected chi connectivity index (χ2v) is 11.5. The Bertz CT molecular complexity index is 994. The molecular weight excluding hydrogens is 664 g/mol. The van der Waals surface area contributed by atoms with Crippen molar-refractivity contribution in [2.24, 2.45) is 0 Å². The molecule has 3 aromatic rings. The Morgan fingerprint density at radius 2 is 1.32 bits per heavy atom. The molecule has 226 valence electrons. The Balaban J connectivity index is 0. The second kappa shape index (κ2) is 26.1. The van der Waals surface area contributed by atoms with E-state index in [2.05, 4.69) is 30.5 Å². The normalized spacial score (nSPS) is 10.3. The van der Waals surface area contributed by atoms with Gasteiger partial charge >= 0.3 is 7.82 Å². The topological polar surface area (TPSA) is 96.2 Å². The first kappa shape index (κ1) is 41.6. The first-order valence-electron chi connectivity index (χ1n) is 11.8. The first-order valence-corrected chi connectivity index (χ1v) is 15.7. The third-order valence-corrected chi connectivity index (χ3v) is 6.59. The predicted molar refractivity (Wildman–Crippen MR) is 170 cm³/mol. The number of unbranched alkanes of at least 4 members (excludes halogenated alkanes) is 1. The number of rotatable bonds is 8. The van der Waals surface area contributed by atoms with Gasteiger partial charge in [-0.3, -0.25) is 0 Å². The Hall–Kier alpha value is -0.570. The van der Waals surface area contributed by atoms with E-state index in [-0.39, 0.29) is 6.61 Å². The van der Waals surface area contributed by atoms with Gasteiger partial charge in [0.2, 0.25) is 4.52 Å². The molecule has 0 aliphatic carbocycles. The van der Waals surface area contributed by atoms with Crippen LogP contribution >= 0.6 is 77.4 Å². The van der Waals surface area contributed by atoms with Gasteiger partial charge in [0, 0.05) is 11.6 Å². The number of alkyl halides is 3. The average Bonchev–Trinajstić information content (AvgIpc) is 2.91. The van der Waals surface area contributed by atoms with Crippen LogP contribution in [0.2, 0.25) is 15.1 Å². The fraction of sp³-hybridized carbons (Fsp3) is 0.333. The van der Waals surface area contributed by atoms with Crippen LogP contribution in [-0.4, -0.2) is 45.1 Å². The summed E-state index contributed by atoms with van der Waals surface area (Å²) in [5.74, 6) is -0.429. The summed E-state index contributed by atoms with van der Waals surface area (Å²) in [6, 6.07) is 27.2. The minimum Gasteiger partial charge on any atom is -0.394 e. The van der Waals surface area contributed by atoms with Gasteiger partial charge in [0.05, 0.1) is 29.1 Å². The number of aliphatic hydroxyl groups is 1. The number of phosphoric acid groups is 1. The molecule has 0 unspecified atom stereocenters. The van der Waals surface area contributed by atoms with Crippen molar-refractivity contribution in [3.05, 3.63) is 106 Å². The number of benzene rings is 3. The zero-order chi connectivity index (χ0) is 30.9. The van der Waals surface area contributed by atoms with Crippen molar-refractivity contribution >= 4 is 77.4 Å². The molecule has 0 aliphatic rings. The van der Waals surface area contributed by atoms with Gasteiger partial charge in [-0.05, 0) is 31.5 Å². The van der Waals surface area contributed by atoms with Crippen molar-refractivity contribution in [1.29, 1.82) is 0 Å². The molecule has 13 heteroatoms. The van der Waals surface area contributed by atoms with E-state index in [1.807, 2.05) is 54.6 Å². The van der Waals surface area contributed by atoms with Crippen molar-refractivity contribution < 1.29 is 28.7 Å². The average molecular weight is 699 g/mol. The fourth-order valence-electron chi connectivity index (χ4n) is 2.00. The highest BCUT2D eigenvalue weighted by Crippen LogP contribution is 2.45.